The minimum Gasteiger partial charge on any atom is -0.461 e. The molecule has 0 aliphatic heterocycles. The molecular formula is C11H13N3O2. The van der Waals surface area contributed by atoms with E-state index in [-0.39, 0.29) is 5.97 Å². The van der Waals surface area contributed by atoms with Crippen molar-refractivity contribution < 1.29 is 9.53 Å². The zero-order valence-corrected chi connectivity index (χ0v) is 9.30. The zero-order chi connectivity index (χ0) is 11.5. The van der Waals surface area contributed by atoms with Crippen LogP contribution in [-0.2, 0) is 11.2 Å². The van der Waals surface area contributed by atoms with Crippen molar-refractivity contribution in [1.82, 2.24) is 14.6 Å². The number of pyridine rings is 1. The second kappa shape index (κ2) is 4.30. The van der Waals surface area contributed by atoms with Gasteiger partial charge in [0.25, 0.3) is 0 Å². The maximum Gasteiger partial charge on any atom is 0.355 e. The van der Waals surface area contributed by atoms with E-state index >= 15 is 0 Å². The summed E-state index contributed by atoms with van der Waals surface area (Å²) >= 11 is 0. The molecule has 2 rings (SSSR count). The first-order valence-electron chi connectivity index (χ1n) is 5.28. The number of ether oxygens (including phenoxy) is 1. The molecule has 0 unspecified atom stereocenters. The predicted octanol–water partition coefficient (Wildman–Crippen LogP) is 1.47. The lowest BCUT2D eigenvalue weighted by Crippen LogP contribution is -2.11. The first kappa shape index (κ1) is 10.6. The van der Waals surface area contributed by atoms with Crippen LogP contribution in [-0.4, -0.2) is 27.2 Å². The van der Waals surface area contributed by atoms with E-state index in [1.165, 1.54) is 0 Å². The van der Waals surface area contributed by atoms with E-state index in [4.69, 9.17) is 4.74 Å². The standard InChI is InChI=1S/C11H13N3O2/c1-3-9-12-13-10-7-5-6-8(14(9)10)11(15)16-4-2/h5-7H,3-4H2,1-2H3. The summed E-state index contributed by atoms with van der Waals surface area (Å²) in [6.45, 7) is 4.11. The normalized spacial score (nSPS) is 10.6. The summed E-state index contributed by atoms with van der Waals surface area (Å²) in [6.07, 6.45) is 0.720. The first-order chi connectivity index (χ1) is 7.77. The highest BCUT2D eigenvalue weighted by Crippen LogP contribution is 2.10. The van der Waals surface area contributed by atoms with E-state index in [9.17, 15) is 4.79 Å². The van der Waals surface area contributed by atoms with Crippen molar-refractivity contribution in [2.75, 3.05) is 6.61 Å². The summed E-state index contributed by atoms with van der Waals surface area (Å²) in [5.41, 5.74) is 1.14. The minimum absolute atomic E-state index is 0.345. The Labute approximate surface area is 93.1 Å². The van der Waals surface area contributed by atoms with Crippen LogP contribution in [0.1, 0.15) is 30.2 Å². The fourth-order valence-corrected chi connectivity index (χ4v) is 1.59. The average molecular weight is 219 g/mol. The van der Waals surface area contributed by atoms with Crippen molar-refractivity contribution in [3.63, 3.8) is 0 Å². The van der Waals surface area contributed by atoms with Crippen molar-refractivity contribution in [3.8, 4) is 0 Å². The third-order valence-electron chi connectivity index (χ3n) is 2.30. The Balaban J connectivity index is 2.59. The lowest BCUT2D eigenvalue weighted by Gasteiger charge is -2.05. The Bertz CT molecular complexity index is 519. The molecule has 0 amide bonds. The fraction of sp³-hybridized carbons (Fsp3) is 0.364. The highest BCUT2D eigenvalue weighted by atomic mass is 16.5. The van der Waals surface area contributed by atoms with Gasteiger partial charge in [0.05, 0.1) is 6.61 Å². The van der Waals surface area contributed by atoms with Crippen LogP contribution < -0.4 is 0 Å². The first-order valence-corrected chi connectivity index (χ1v) is 5.28. The largest absolute Gasteiger partial charge is 0.461 e. The molecule has 0 aromatic carbocycles. The van der Waals surface area contributed by atoms with Gasteiger partial charge in [-0.2, -0.15) is 0 Å². The molecule has 5 nitrogen and oxygen atoms in total. The molecule has 84 valence electrons. The molecule has 0 spiro atoms. The smallest absolute Gasteiger partial charge is 0.355 e. The summed E-state index contributed by atoms with van der Waals surface area (Å²) in [4.78, 5) is 11.7. The van der Waals surface area contributed by atoms with Gasteiger partial charge in [-0.05, 0) is 19.1 Å². The number of nitrogens with zero attached hydrogens (tertiary/aromatic N) is 3. The second-order valence-corrected chi connectivity index (χ2v) is 3.29. The van der Waals surface area contributed by atoms with E-state index in [1.54, 1.807) is 23.5 Å². The molecule has 0 saturated carbocycles. The number of carbonyl (C=O) groups is 1. The Kier molecular flexibility index (Phi) is 2.85. The Morgan fingerprint density at radius 1 is 1.38 bits per heavy atom. The number of hydrogen-bond donors (Lipinski definition) is 0. The summed E-state index contributed by atoms with van der Waals surface area (Å²) in [7, 11) is 0. The van der Waals surface area contributed by atoms with Gasteiger partial charge in [-0.25, -0.2) is 4.79 Å². The van der Waals surface area contributed by atoms with Crippen molar-refractivity contribution in [2.45, 2.75) is 20.3 Å². The molecule has 16 heavy (non-hydrogen) atoms. The zero-order valence-electron chi connectivity index (χ0n) is 9.30. The van der Waals surface area contributed by atoms with Crippen molar-refractivity contribution >= 4 is 11.6 Å². The quantitative estimate of drug-likeness (QED) is 0.733. The van der Waals surface area contributed by atoms with Gasteiger partial charge < -0.3 is 4.74 Å². The van der Waals surface area contributed by atoms with E-state index in [0.29, 0.717) is 17.9 Å². The van der Waals surface area contributed by atoms with Gasteiger partial charge in [-0.3, -0.25) is 4.40 Å². The Hall–Kier alpha value is -1.91. The van der Waals surface area contributed by atoms with Crippen LogP contribution in [0.4, 0.5) is 0 Å². The Morgan fingerprint density at radius 3 is 2.88 bits per heavy atom. The molecule has 0 N–H and O–H groups in total. The molecule has 5 heteroatoms. The maximum absolute atomic E-state index is 11.7. The monoisotopic (exact) mass is 219 g/mol. The van der Waals surface area contributed by atoms with Gasteiger partial charge in [-0.15, -0.1) is 10.2 Å². The van der Waals surface area contributed by atoms with Crippen LogP contribution in [0.25, 0.3) is 5.65 Å². The average Bonchev–Trinajstić information content (AvgIpc) is 2.72. The van der Waals surface area contributed by atoms with Gasteiger partial charge in [0, 0.05) is 6.42 Å². The second-order valence-electron chi connectivity index (χ2n) is 3.29. The molecular weight excluding hydrogens is 206 g/mol. The van der Waals surface area contributed by atoms with E-state index in [1.807, 2.05) is 13.0 Å². The van der Waals surface area contributed by atoms with Crippen molar-refractivity contribution in [1.29, 1.82) is 0 Å². The summed E-state index contributed by atoms with van der Waals surface area (Å²) in [5.74, 6) is 0.418. The highest BCUT2D eigenvalue weighted by molar-refractivity contribution is 5.88. The minimum atomic E-state index is -0.345. The van der Waals surface area contributed by atoms with Crippen molar-refractivity contribution in [3.05, 3.63) is 29.7 Å². The SMILES string of the molecule is CCOC(=O)c1cccc2nnc(CC)n12. The van der Waals surface area contributed by atoms with Gasteiger partial charge in [0.1, 0.15) is 11.5 Å². The van der Waals surface area contributed by atoms with Crippen LogP contribution in [0.2, 0.25) is 0 Å². The van der Waals surface area contributed by atoms with Crippen LogP contribution in [0.5, 0.6) is 0 Å². The molecule has 0 atom stereocenters. The topological polar surface area (TPSA) is 56.5 Å². The Morgan fingerprint density at radius 2 is 2.19 bits per heavy atom. The van der Waals surface area contributed by atoms with Crippen molar-refractivity contribution in [2.24, 2.45) is 0 Å². The van der Waals surface area contributed by atoms with Crippen LogP contribution in [0.15, 0.2) is 18.2 Å². The number of aromatic nitrogens is 3. The van der Waals surface area contributed by atoms with E-state index in [0.717, 1.165) is 12.2 Å². The third-order valence-corrected chi connectivity index (χ3v) is 2.30. The molecule has 2 aromatic heterocycles. The molecule has 2 aromatic rings. The van der Waals surface area contributed by atoms with Crippen LogP contribution >= 0.6 is 0 Å². The predicted molar refractivity (Wildman–Crippen MR) is 58.3 cm³/mol. The molecule has 2 heterocycles. The van der Waals surface area contributed by atoms with Gasteiger partial charge in [0.15, 0.2) is 5.65 Å². The lowest BCUT2D eigenvalue weighted by atomic mass is 10.3. The number of hydrogen-bond acceptors (Lipinski definition) is 4. The van der Waals surface area contributed by atoms with Crippen LogP contribution in [0.3, 0.4) is 0 Å². The molecule has 0 aliphatic carbocycles. The van der Waals surface area contributed by atoms with Gasteiger partial charge in [-0.1, -0.05) is 13.0 Å². The number of esters is 1. The third kappa shape index (κ3) is 1.64. The molecule has 0 bridgehead atoms. The van der Waals surface area contributed by atoms with Gasteiger partial charge >= 0.3 is 5.97 Å². The fourth-order valence-electron chi connectivity index (χ4n) is 1.59. The molecule has 0 aliphatic rings. The number of rotatable bonds is 3. The summed E-state index contributed by atoms with van der Waals surface area (Å²) in [5, 5.41) is 8.02. The lowest BCUT2D eigenvalue weighted by molar-refractivity contribution is 0.0517. The molecule has 0 fully saturated rings. The van der Waals surface area contributed by atoms with Gasteiger partial charge in [0.2, 0.25) is 0 Å². The number of aryl methyl sites for hydroxylation is 1. The molecule has 0 saturated heterocycles. The summed E-state index contributed by atoms with van der Waals surface area (Å²) in [6, 6.07) is 5.30. The number of fused-ring (bicyclic) bond motifs is 1. The van der Waals surface area contributed by atoms with E-state index in [2.05, 4.69) is 10.2 Å². The van der Waals surface area contributed by atoms with E-state index < -0.39 is 0 Å². The van der Waals surface area contributed by atoms with Crippen LogP contribution in [0, 0.1) is 0 Å². The molecule has 0 radical (unpaired) electrons. The number of carbonyl (C=O) groups excluding carboxylic acids is 1. The summed E-state index contributed by atoms with van der Waals surface area (Å²) < 4.78 is 6.72. The highest BCUT2D eigenvalue weighted by Gasteiger charge is 2.14. The maximum atomic E-state index is 11.7.